The Morgan fingerprint density at radius 2 is 2.24 bits per heavy atom. The van der Waals surface area contributed by atoms with E-state index >= 15 is 0 Å². The molecule has 1 aliphatic heterocycles. The van der Waals surface area contributed by atoms with Crippen LogP contribution in [0, 0.1) is 0 Å². The minimum atomic E-state index is 0.225. The molecular formula is C17H25NO3. The predicted octanol–water partition coefficient (Wildman–Crippen LogP) is 2.46. The molecule has 3 rings (SSSR count). The lowest BCUT2D eigenvalue weighted by molar-refractivity contribution is -0.0498. The smallest absolute Gasteiger partial charge is 0.119 e. The summed E-state index contributed by atoms with van der Waals surface area (Å²) in [5.41, 5.74) is 1.29. The van der Waals surface area contributed by atoms with Crippen molar-refractivity contribution in [3.63, 3.8) is 0 Å². The van der Waals surface area contributed by atoms with Gasteiger partial charge >= 0.3 is 0 Å². The fourth-order valence-electron chi connectivity index (χ4n) is 3.58. The second-order valence-corrected chi connectivity index (χ2v) is 5.80. The first-order valence-electron chi connectivity index (χ1n) is 7.92. The normalized spacial score (nSPS) is 29.3. The Bertz CT molecular complexity index is 465. The van der Waals surface area contributed by atoms with Crippen LogP contribution < -0.4 is 4.74 Å². The monoisotopic (exact) mass is 291 g/mol. The quantitative estimate of drug-likeness (QED) is 0.834. The summed E-state index contributed by atoms with van der Waals surface area (Å²) in [5.74, 6) is 0.921. The van der Waals surface area contributed by atoms with Gasteiger partial charge in [0.15, 0.2) is 0 Å². The van der Waals surface area contributed by atoms with Crippen molar-refractivity contribution in [1.82, 2.24) is 4.90 Å². The van der Waals surface area contributed by atoms with Crippen LogP contribution in [0.1, 0.15) is 25.3 Å². The van der Waals surface area contributed by atoms with Gasteiger partial charge in [0.1, 0.15) is 5.75 Å². The van der Waals surface area contributed by atoms with Crippen LogP contribution in [0.3, 0.4) is 0 Å². The van der Waals surface area contributed by atoms with Gasteiger partial charge in [0.05, 0.1) is 25.9 Å². The molecule has 0 spiro atoms. The predicted molar refractivity (Wildman–Crippen MR) is 81.6 cm³/mol. The zero-order valence-electron chi connectivity index (χ0n) is 13.0. The molecule has 21 heavy (non-hydrogen) atoms. The molecule has 0 radical (unpaired) electrons. The van der Waals surface area contributed by atoms with Crippen molar-refractivity contribution in [3.8, 4) is 5.75 Å². The molecule has 1 saturated carbocycles. The van der Waals surface area contributed by atoms with Crippen LogP contribution in [0.15, 0.2) is 24.3 Å². The lowest BCUT2D eigenvalue weighted by Crippen LogP contribution is -2.42. The van der Waals surface area contributed by atoms with Crippen molar-refractivity contribution in [2.75, 3.05) is 26.9 Å². The second-order valence-electron chi connectivity index (χ2n) is 5.80. The summed E-state index contributed by atoms with van der Waals surface area (Å²) in [6.07, 6.45) is 2.79. The highest BCUT2D eigenvalue weighted by Gasteiger charge is 2.42. The molecule has 2 aliphatic rings. The van der Waals surface area contributed by atoms with Gasteiger partial charge in [0.2, 0.25) is 0 Å². The van der Waals surface area contributed by atoms with Crippen molar-refractivity contribution in [2.24, 2.45) is 0 Å². The molecule has 2 bridgehead atoms. The first-order chi connectivity index (χ1) is 10.3. The largest absolute Gasteiger partial charge is 0.497 e. The Morgan fingerprint density at radius 3 is 3.05 bits per heavy atom. The molecule has 1 saturated heterocycles. The minimum absolute atomic E-state index is 0.225. The molecule has 4 nitrogen and oxygen atoms in total. The second kappa shape index (κ2) is 6.77. The van der Waals surface area contributed by atoms with Crippen LogP contribution in [0.2, 0.25) is 0 Å². The van der Waals surface area contributed by atoms with E-state index in [1.165, 1.54) is 12.0 Å². The van der Waals surface area contributed by atoms with Gasteiger partial charge < -0.3 is 14.2 Å². The molecule has 1 heterocycles. The number of methoxy groups -OCH3 is 1. The summed E-state index contributed by atoms with van der Waals surface area (Å²) in [7, 11) is 1.71. The average Bonchev–Trinajstić information content (AvgIpc) is 2.81. The number of benzene rings is 1. The number of ether oxygens (including phenoxy) is 3. The third kappa shape index (κ3) is 3.23. The Labute approximate surface area is 127 Å². The first kappa shape index (κ1) is 14.8. The van der Waals surface area contributed by atoms with E-state index in [9.17, 15) is 0 Å². The topological polar surface area (TPSA) is 30.9 Å². The van der Waals surface area contributed by atoms with E-state index in [-0.39, 0.29) is 12.2 Å². The lowest BCUT2D eigenvalue weighted by atomic mass is 10.1. The zero-order valence-corrected chi connectivity index (χ0v) is 13.0. The van der Waals surface area contributed by atoms with E-state index in [1.807, 2.05) is 6.07 Å². The fraction of sp³-hybridized carbons (Fsp3) is 0.647. The zero-order chi connectivity index (χ0) is 14.7. The van der Waals surface area contributed by atoms with E-state index in [0.29, 0.717) is 6.04 Å². The Balaban J connectivity index is 1.74. The summed E-state index contributed by atoms with van der Waals surface area (Å²) in [5, 5.41) is 0. The summed E-state index contributed by atoms with van der Waals surface area (Å²) in [4.78, 5) is 2.52. The highest BCUT2D eigenvalue weighted by Crippen LogP contribution is 2.33. The number of rotatable bonds is 5. The molecule has 0 N–H and O–H groups in total. The van der Waals surface area contributed by atoms with Crippen LogP contribution in [0.25, 0.3) is 0 Å². The fourth-order valence-corrected chi connectivity index (χ4v) is 3.58. The molecule has 0 aromatic heterocycles. The average molecular weight is 291 g/mol. The lowest BCUT2D eigenvalue weighted by Gasteiger charge is -2.31. The van der Waals surface area contributed by atoms with Gasteiger partial charge in [0.25, 0.3) is 0 Å². The SMILES string of the molecule is CCOC1C2CCC1N(Cc1cccc(OC)c1)CCO2. The third-order valence-corrected chi connectivity index (χ3v) is 4.55. The summed E-state index contributed by atoms with van der Waals surface area (Å²) in [6, 6.07) is 8.80. The molecule has 1 aliphatic carbocycles. The van der Waals surface area contributed by atoms with E-state index in [1.54, 1.807) is 7.11 Å². The number of hydrogen-bond donors (Lipinski definition) is 0. The van der Waals surface area contributed by atoms with Gasteiger partial charge in [0, 0.05) is 25.7 Å². The van der Waals surface area contributed by atoms with Gasteiger partial charge in [-0.15, -0.1) is 0 Å². The molecule has 4 heteroatoms. The maximum absolute atomic E-state index is 5.98. The van der Waals surface area contributed by atoms with E-state index < -0.39 is 0 Å². The van der Waals surface area contributed by atoms with Crippen LogP contribution in [0.4, 0.5) is 0 Å². The number of nitrogens with zero attached hydrogens (tertiary/aromatic N) is 1. The minimum Gasteiger partial charge on any atom is -0.497 e. The van der Waals surface area contributed by atoms with Crippen LogP contribution in [-0.4, -0.2) is 50.0 Å². The molecule has 2 fully saturated rings. The summed E-state index contributed by atoms with van der Waals surface area (Å²) >= 11 is 0. The molecular weight excluding hydrogens is 266 g/mol. The van der Waals surface area contributed by atoms with Crippen LogP contribution in [-0.2, 0) is 16.0 Å². The van der Waals surface area contributed by atoms with E-state index in [2.05, 4.69) is 30.0 Å². The highest BCUT2D eigenvalue weighted by atomic mass is 16.5. The summed E-state index contributed by atoms with van der Waals surface area (Å²) in [6.45, 7) is 5.53. The maximum atomic E-state index is 5.98. The standard InChI is InChI=1S/C17H25NO3/c1-3-20-17-15-7-8-16(17)21-10-9-18(15)12-13-5-4-6-14(11-13)19-2/h4-6,11,15-17H,3,7-10,12H2,1-2H3. The first-order valence-corrected chi connectivity index (χ1v) is 7.92. The van der Waals surface area contributed by atoms with Crippen LogP contribution >= 0.6 is 0 Å². The highest BCUT2D eigenvalue weighted by molar-refractivity contribution is 5.28. The maximum Gasteiger partial charge on any atom is 0.119 e. The van der Waals surface area contributed by atoms with Crippen LogP contribution in [0.5, 0.6) is 5.75 Å². The Morgan fingerprint density at radius 1 is 1.33 bits per heavy atom. The van der Waals surface area contributed by atoms with Gasteiger partial charge in [-0.1, -0.05) is 12.1 Å². The van der Waals surface area contributed by atoms with Crippen molar-refractivity contribution in [3.05, 3.63) is 29.8 Å². The Hall–Kier alpha value is -1.10. The molecule has 1 aromatic rings. The van der Waals surface area contributed by atoms with Crippen molar-refractivity contribution in [2.45, 2.75) is 44.6 Å². The van der Waals surface area contributed by atoms with Crippen molar-refractivity contribution < 1.29 is 14.2 Å². The third-order valence-electron chi connectivity index (χ3n) is 4.55. The van der Waals surface area contributed by atoms with Crippen molar-refractivity contribution in [1.29, 1.82) is 0 Å². The molecule has 1 aromatic carbocycles. The number of hydrogen-bond acceptors (Lipinski definition) is 4. The molecule has 3 unspecified atom stereocenters. The molecule has 3 atom stereocenters. The molecule has 116 valence electrons. The van der Waals surface area contributed by atoms with Gasteiger partial charge in [-0.25, -0.2) is 0 Å². The van der Waals surface area contributed by atoms with E-state index in [4.69, 9.17) is 14.2 Å². The van der Waals surface area contributed by atoms with Crippen molar-refractivity contribution >= 4 is 0 Å². The van der Waals surface area contributed by atoms with E-state index in [0.717, 1.165) is 38.5 Å². The van der Waals surface area contributed by atoms with Gasteiger partial charge in [-0.05, 0) is 37.5 Å². The van der Waals surface area contributed by atoms with Gasteiger partial charge in [-0.2, -0.15) is 0 Å². The number of fused-ring (bicyclic) bond motifs is 2. The Kier molecular flexibility index (Phi) is 4.78. The summed E-state index contributed by atoms with van der Waals surface area (Å²) < 4.78 is 17.3. The molecule has 0 amide bonds. The van der Waals surface area contributed by atoms with Gasteiger partial charge in [-0.3, -0.25) is 4.90 Å².